The first-order valence-electron chi connectivity index (χ1n) is 0.271. The van der Waals surface area contributed by atoms with Crippen LogP contribution < -0.4 is 0 Å². The molecule has 0 aromatic rings. The van der Waals surface area contributed by atoms with Gasteiger partial charge in [0.15, 0.2) is 0 Å². The summed E-state index contributed by atoms with van der Waals surface area (Å²) in [6.07, 6.45) is 0. The summed E-state index contributed by atoms with van der Waals surface area (Å²) in [5.74, 6) is 0. The fourth-order valence-corrected chi connectivity index (χ4v) is 0. The van der Waals surface area contributed by atoms with E-state index in [-0.39, 0.29) is 20.4 Å². The van der Waals surface area contributed by atoms with Crippen molar-refractivity contribution in [2.24, 2.45) is 0 Å². The van der Waals surface area contributed by atoms with Crippen LogP contribution in [0.3, 0.4) is 0 Å². The molecule has 0 saturated carbocycles. The third kappa shape index (κ3) is 11.2. The summed E-state index contributed by atoms with van der Waals surface area (Å²) in [6, 6.07) is 0. The first kappa shape index (κ1) is 8.92. The number of hydrogen-bond acceptors (Lipinski definition) is 1. The van der Waals surface area contributed by atoms with Crippen molar-refractivity contribution in [2.75, 3.05) is 0 Å². The predicted molar refractivity (Wildman–Crippen MR) is 2.91 cm³/mol. The first-order chi connectivity index (χ1) is 1.41. The van der Waals surface area contributed by atoms with Crippen molar-refractivity contribution in [3.63, 3.8) is 0 Å². The van der Waals surface area contributed by atoms with Gasteiger partial charge in [-0.15, -0.1) is 0 Å². The van der Waals surface area contributed by atoms with E-state index < -0.39 is 18.9 Å². The summed E-state index contributed by atoms with van der Waals surface area (Å²) in [4.78, 5) is 0. The van der Waals surface area contributed by atoms with E-state index >= 15 is 0 Å². The molecule has 0 spiro atoms. The summed E-state index contributed by atoms with van der Waals surface area (Å²) in [7, 11) is 0. The minimum absolute atomic E-state index is 0. The van der Waals surface area contributed by atoms with Crippen molar-refractivity contribution in [2.45, 2.75) is 0 Å². The zero-order chi connectivity index (χ0) is 2.71. The quantitative estimate of drug-likeness (QED) is 0.596. The topological polar surface area (TPSA) is 37.3 Å². The van der Waals surface area contributed by atoms with Crippen LogP contribution in [0, 0.1) is 0 Å². The molecule has 0 aromatic carbocycles. The van der Waals surface area contributed by atoms with E-state index in [4.69, 9.17) is 7.16 Å². The van der Waals surface area contributed by atoms with Crippen molar-refractivity contribution in [3.8, 4) is 0 Å². The minimum Gasteiger partial charge on any atom is 0 e. The molecule has 0 radical (unpaired) electrons. The van der Waals surface area contributed by atoms with Crippen LogP contribution in [0.2, 0.25) is 0 Å². The van der Waals surface area contributed by atoms with E-state index in [0.717, 1.165) is 0 Å². The largest absolute Gasteiger partial charge is 0 e. The Morgan fingerprint density at radius 2 is 1.75 bits per heavy atom. The smallest absolute Gasteiger partial charge is 0 e. The maximum absolute atomic E-state index is 8.60. The van der Waals surface area contributed by atoms with E-state index in [0.29, 0.717) is 0 Å². The van der Waals surface area contributed by atoms with Gasteiger partial charge in [-0.2, -0.15) is 0 Å². The van der Waals surface area contributed by atoms with Gasteiger partial charge in [-0.1, -0.05) is 0 Å². The summed E-state index contributed by atoms with van der Waals surface area (Å²) in [5.41, 5.74) is 0. The molecule has 0 unspecified atom stereocenters. The van der Waals surface area contributed by atoms with Crippen LogP contribution in [0.4, 0.5) is 0 Å². The Morgan fingerprint density at radius 3 is 1.75 bits per heavy atom. The Labute approximate surface area is 46.5 Å². The molecule has 0 aliphatic rings. The third-order valence-electron chi connectivity index (χ3n) is 0. The van der Waals surface area contributed by atoms with Crippen molar-refractivity contribution in [1.82, 2.24) is 0 Å². The molecule has 1 N–H and O–H groups in total. The fraction of sp³-hybridized carbons (Fsp3) is 0. The van der Waals surface area contributed by atoms with Gasteiger partial charge >= 0.3 is 26.1 Å². The molecule has 0 aromatic heterocycles. The summed E-state index contributed by atoms with van der Waals surface area (Å²) in [6.45, 7) is 0. The monoisotopic (exact) mass is 334 g/mol. The second-order valence-corrected chi connectivity index (χ2v) is 0.473. The molecule has 2 nitrogen and oxygen atoms in total. The van der Waals surface area contributed by atoms with Crippen LogP contribution in [0.25, 0.3) is 0 Å². The normalized spacial score (nSPS) is 5.25. The van der Waals surface area contributed by atoms with Gasteiger partial charge in [0.25, 0.3) is 0 Å². The van der Waals surface area contributed by atoms with Crippen LogP contribution >= 0.6 is 0 Å². The molecular weight excluding hydrogens is 333 g/mol. The summed E-state index contributed by atoms with van der Waals surface area (Å²) >= 11 is -1.67. The molecule has 0 aliphatic heterocycles. The average Bonchev–Trinajstić information content (AvgIpc) is 0.918. The summed E-state index contributed by atoms with van der Waals surface area (Å²) < 4.78 is 15.7. The third-order valence-corrected chi connectivity index (χ3v) is 0. The molecule has 0 amide bonds. The van der Waals surface area contributed by atoms with Crippen LogP contribution in [-0.2, 0) is 42.7 Å². The molecule has 4 heavy (non-hydrogen) atoms. The molecule has 0 rings (SSSR count). The molecule has 0 atom stereocenters. The first-order valence-corrected chi connectivity index (χ1v) is 2.21. The van der Waals surface area contributed by atoms with Crippen molar-refractivity contribution in [3.05, 3.63) is 0 Å². The maximum Gasteiger partial charge on any atom is 0 e. The van der Waals surface area contributed by atoms with Crippen LogP contribution in [0.5, 0.6) is 0 Å². The van der Waals surface area contributed by atoms with Gasteiger partial charge in [-0.3, -0.25) is 0 Å². The zero-order valence-corrected chi connectivity index (χ0v) is 5.31. The molecule has 4 heteroatoms. The molecule has 0 aliphatic carbocycles. The average molecular weight is 335 g/mol. The summed E-state index contributed by atoms with van der Waals surface area (Å²) in [5, 5.41) is 0. The molecule has 33 valence electrons. The van der Waals surface area contributed by atoms with Crippen molar-refractivity contribution >= 4 is 0 Å². The molecule has 0 saturated heterocycles. The Hall–Kier alpha value is 1.11. The van der Waals surface area contributed by atoms with Gasteiger partial charge in [-0.05, 0) is 0 Å². The Bertz CT molecular complexity index is 13.5. The van der Waals surface area contributed by atoms with Gasteiger partial charge < -0.3 is 0 Å². The predicted octanol–water partition coefficient (Wildman–Crippen LogP) is -0.681. The standard InChI is InChI=1S/H2O.O.Pd.Pt/h1H2;;;/q;;;+1/p-1. The maximum atomic E-state index is 8.60. The second-order valence-electron chi connectivity index (χ2n) is 0.0577. The van der Waals surface area contributed by atoms with E-state index in [2.05, 4.69) is 0 Å². The van der Waals surface area contributed by atoms with Gasteiger partial charge in [-0.25, -0.2) is 0 Å². The number of rotatable bonds is 0. The van der Waals surface area contributed by atoms with E-state index in [1.165, 1.54) is 0 Å². The van der Waals surface area contributed by atoms with Crippen LogP contribution in [0.15, 0.2) is 0 Å². The van der Waals surface area contributed by atoms with E-state index in [1.54, 1.807) is 0 Å². The van der Waals surface area contributed by atoms with Gasteiger partial charge in [0, 0.05) is 20.4 Å². The Kier molecular flexibility index (Phi) is 19.9. The van der Waals surface area contributed by atoms with Gasteiger partial charge in [0.2, 0.25) is 0 Å². The Balaban J connectivity index is 0. The Morgan fingerprint density at radius 1 is 1.75 bits per heavy atom. The number of hydrogen-bond donors (Lipinski definition) is 1. The minimum atomic E-state index is -1.67. The van der Waals surface area contributed by atoms with E-state index in [9.17, 15) is 0 Å². The fourth-order valence-electron chi connectivity index (χ4n) is 0. The van der Waals surface area contributed by atoms with Crippen LogP contribution in [-0.4, -0.2) is 3.76 Å². The molecule has 0 fully saturated rings. The van der Waals surface area contributed by atoms with Crippen molar-refractivity contribution < 1.29 is 46.5 Å². The molecule has 0 heterocycles. The SMILES string of the molecule is [O]=[Pt][OH].[Pd]. The second kappa shape index (κ2) is 8.93. The van der Waals surface area contributed by atoms with Gasteiger partial charge in [0.1, 0.15) is 0 Å². The molecule has 0 bridgehead atoms. The van der Waals surface area contributed by atoms with Crippen molar-refractivity contribution in [1.29, 1.82) is 0 Å². The molecular formula is HO2PdPt. The van der Waals surface area contributed by atoms with E-state index in [1.807, 2.05) is 0 Å². The zero-order valence-electron chi connectivity index (χ0n) is 1.49. The van der Waals surface area contributed by atoms with Gasteiger partial charge in [0.05, 0.1) is 0 Å². The van der Waals surface area contributed by atoms with Crippen LogP contribution in [0.1, 0.15) is 0 Å².